The van der Waals surface area contributed by atoms with Crippen molar-refractivity contribution in [2.75, 3.05) is 11.3 Å². The molecule has 3 rings (SSSR count). The third-order valence-electron chi connectivity index (χ3n) is 3.76. The van der Waals surface area contributed by atoms with Gasteiger partial charge in [0, 0.05) is 11.8 Å². The molecule has 7 nitrogen and oxygen atoms in total. The van der Waals surface area contributed by atoms with Crippen LogP contribution in [0.4, 0.5) is 23.2 Å². The van der Waals surface area contributed by atoms with Gasteiger partial charge >= 0.3 is 18.1 Å². The molecule has 0 aliphatic carbocycles. The monoisotopic (exact) mass is 434 g/mol. The van der Waals surface area contributed by atoms with Crippen LogP contribution in [0, 0.1) is 0 Å². The largest absolute Gasteiger partial charge is 0.417 e. The minimum absolute atomic E-state index is 0.0555. The van der Waals surface area contributed by atoms with E-state index < -0.39 is 41.3 Å². The summed E-state index contributed by atoms with van der Waals surface area (Å²) < 4.78 is 86.7. The lowest BCUT2D eigenvalue weighted by Crippen LogP contribution is -2.32. The van der Waals surface area contributed by atoms with Crippen molar-refractivity contribution in [1.82, 2.24) is 4.98 Å². The molecule has 0 saturated carbocycles. The normalized spacial score (nSPS) is 12.6. The maximum Gasteiger partial charge on any atom is 0.417 e. The number of halogens is 4. The average Bonchev–Trinajstić information content (AvgIpc) is 3.00. The minimum atomic E-state index is -4.27. The number of oxazole rings is 1. The molecule has 2 N–H and O–H groups in total. The first-order valence-electron chi connectivity index (χ1n) is 8.05. The van der Waals surface area contributed by atoms with Crippen molar-refractivity contribution in [3.8, 4) is 0 Å². The van der Waals surface area contributed by atoms with Crippen LogP contribution in [0.5, 0.6) is 0 Å². The van der Waals surface area contributed by atoms with Crippen LogP contribution in [-0.2, 0) is 21.4 Å². The van der Waals surface area contributed by atoms with E-state index in [0.29, 0.717) is 11.1 Å². The Morgan fingerprint density at radius 2 is 1.93 bits per heavy atom. The molecule has 12 heteroatoms. The van der Waals surface area contributed by atoms with Crippen molar-refractivity contribution in [2.24, 2.45) is 0 Å². The Morgan fingerprint density at radius 3 is 2.66 bits per heavy atom. The lowest BCUT2D eigenvalue weighted by molar-refractivity contribution is -0.168. The molecular weight excluding hydrogens is 420 g/mol. The van der Waals surface area contributed by atoms with Crippen LogP contribution in [0.25, 0.3) is 11.1 Å². The van der Waals surface area contributed by atoms with E-state index in [9.17, 15) is 30.8 Å². The third kappa shape index (κ3) is 4.95. The fourth-order valence-electron chi connectivity index (χ4n) is 2.40. The summed E-state index contributed by atoms with van der Waals surface area (Å²) in [6, 6.07) is 9.40. The molecule has 156 valence electrons. The van der Waals surface area contributed by atoms with Crippen molar-refractivity contribution in [3.63, 3.8) is 0 Å². The van der Waals surface area contributed by atoms with E-state index in [1.54, 1.807) is 0 Å². The van der Waals surface area contributed by atoms with E-state index in [2.05, 4.69) is 14.4 Å². The van der Waals surface area contributed by atoms with Gasteiger partial charge in [0.1, 0.15) is 6.61 Å². The first kappa shape index (κ1) is 20.9. The fraction of sp³-hybridized carbons (Fsp3) is 0.235. The predicted octanol–water partition coefficient (Wildman–Crippen LogP) is 3.34. The van der Waals surface area contributed by atoms with Gasteiger partial charge in [0.05, 0.1) is 17.0 Å². The first-order chi connectivity index (χ1) is 13.6. The number of alkyl halides is 4. The van der Waals surface area contributed by atoms with E-state index in [1.165, 1.54) is 36.4 Å². The average molecular weight is 434 g/mol. The number of nitrogens with one attached hydrogen (secondary N) is 2. The van der Waals surface area contributed by atoms with Gasteiger partial charge in [-0.05, 0) is 29.8 Å². The van der Waals surface area contributed by atoms with Crippen LogP contribution in [-0.4, -0.2) is 32.4 Å². The van der Waals surface area contributed by atoms with Gasteiger partial charge in [-0.15, -0.1) is 0 Å². The Labute approximate surface area is 161 Å². The number of rotatable bonds is 8. The van der Waals surface area contributed by atoms with E-state index in [-0.39, 0.29) is 16.2 Å². The van der Waals surface area contributed by atoms with Gasteiger partial charge in [-0.1, -0.05) is 12.1 Å². The number of sulfonamides is 1. The van der Waals surface area contributed by atoms with Gasteiger partial charge in [0.25, 0.3) is 10.0 Å². The Bertz CT molecular complexity index is 1170. The summed E-state index contributed by atoms with van der Waals surface area (Å²) in [7, 11) is -4.05. The highest BCUT2D eigenvalue weighted by Crippen LogP contribution is 2.24. The van der Waals surface area contributed by atoms with Gasteiger partial charge in [-0.25, -0.2) is 22.0 Å². The summed E-state index contributed by atoms with van der Waals surface area (Å²) in [5.74, 6) is -5.00. The maximum absolute atomic E-state index is 12.9. The highest BCUT2D eigenvalue weighted by Gasteiger charge is 2.40. The van der Waals surface area contributed by atoms with Crippen LogP contribution in [0.15, 0.2) is 56.6 Å². The molecule has 1 heterocycles. The third-order valence-corrected chi connectivity index (χ3v) is 5.14. The van der Waals surface area contributed by atoms with Gasteiger partial charge in [-0.3, -0.25) is 9.71 Å². The van der Waals surface area contributed by atoms with Gasteiger partial charge < -0.3 is 9.15 Å². The summed E-state index contributed by atoms with van der Waals surface area (Å²) in [5, 5.41) is 0. The summed E-state index contributed by atoms with van der Waals surface area (Å²) in [6.07, 6.45) is -3.84. The lowest BCUT2D eigenvalue weighted by Gasteiger charge is -2.15. The molecule has 0 spiro atoms. The van der Waals surface area contributed by atoms with Crippen LogP contribution in [0.3, 0.4) is 0 Å². The maximum atomic E-state index is 12.9. The Morgan fingerprint density at radius 1 is 1.17 bits per heavy atom. The number of ether oxygens (including phenoxy) is 1. The molecule has 1 aromatic heterocycles. The fourth-order valence-corrected chi connectivity index (χ4v) is 3.46. The van der Waals surface area contributed by atoms with Crippen molar-refractivity contribution in [3.05, 3.63) is 58.6 Å². The van der Waals surface area contributed by atoms with Crippen LogP contribution in [0.1, 0.15) is 5.56 Å². The van der Waals surface area contributed by atoms with E-state index in [4.69, 9.17) is 4.42 Å². The molecule has 0 bridgehead atoms. The summed E-state index contributed by atoms with van der Waals surface area (Å²) in [6.45, 7) is -1.89. The number of benzene rings is 2. The van der Waals surface area contributed by atoms with E-state index in [0.717, 1.165) is 6.07 Å². The molecule has 0 aliphatic rings. The number of hydrogen-bond acceptors (Lipinski definition) is 5. The zero-order chi connectivity index (χ0) is 21.2. The zero-order valence-corrected chi connectivity index (χ0v) is 15.3. The highest BCUT2D eigenvalue weighted by molar-refractivity contribution is 7.92. The topological polar surface area (TPSA) is 101 Å². The number of hydrogen-bond donors (Lipinski definition) is 2. The second-order valence-electron chi connectivity index (χ2n) is 6.03. The number of anilines is 1. The lowest BCUT2D eigenvalue weighted by atomic mass is 10.2. The second kappa shape index (κ2) is 7.87. The number of aromatic nitrogens is 1. The zero-order valence-electron chi connectivity index (χ0n) is 14.5. The van der Waals surface area contributed by atoms with Crippen molar-refractivity contribution in [1.29, 1.82) is 0 Å². The quantitative estimate of drug-likeness (QED) is 0.530. The molecule has 0 saturated heterocycles. The van der Waals surface area contributed by atoms with Crippen LogP contribution < -0.4 is 10.5 Å². The predicted molar refractivity (Wildman–Crippen MR) is 94.7 cm³/mol. The second-order valence-corrected chi connectivity index (χ2v) is 7.72. The van der Waals surface area contributed by atoms with E-state index in [1.807, 2.05) is 0 Å². The summed E-state index contributed by atoms with van der Waals surface area (Å²) >= 11 is 0. The Balaban J connectivity index is 1.72. The standard InChI is InChI=1S/C17H14F4N2O5S/c18-15(19)17(20,21)9-27-8-10-2-1-3-11(6-10)23-29(25,26)12-4-5-13-14(7-12)28-16(24)22-13/h1-7,15,23H,8-9H2,(H,22,24). The van der Waals surface area contributed by atoms with Gasteiger partial charge in [0.15, 0.2) is 5.58 Å². The molecule has 0 radical (unpaired) electrons. The van der Waals surface area contributed by atoms with E-state index >= 15 is 0 Å². The molecule has 3 aromatic rings. The molecule has 0 atom stereocenters. The molecule has 0 fully saturated rings. The highest BCUT2D eigenvalue weighted by atomic mass is 32.2. The van der Waals surface area contributed by atoms with Crippen LogP contribution >= 0.6 is 0 Å². The number of fused-ring (bicyclic) bond motifs is 1. The molecular formula is C17H14F4N2O5S. The van der Waals surface area contributed by atoms with Crippen LogP contribution in [0.2, 0.25) is 0 Å². The van der Waals surface area contributed by atoms with Crippen molar-refractivity contribution < 1.29 is 35.1 Å². The number of H-pyrrole nitrogens is 1. The molecule has 2 aromatic carbocycles. The summed E-state index contributed by atoms with van der Waals surface area (Å²) in [4.78, 5) is 13.4. The smallest absolute Gasteiger partial charge is 0.408 e. The van der Waals surface area contributed by atoms with Crippen molar-refractivity contribution in [2.45, 2.75) is 23.9 Å². The SMILES string of the molecule is O=c1[nH]c2ccc(S(=O)(=O)Nc3cccc(COCC(F)(F)C(F)F)c3)cc2o1. The number of aromatic amines is 1. The van der Waals surface area contributed by atoms with Gasteiger partial charge in [-0.2, -0.15) is 8.78 Å². The molecule has 29 heavy (non-hydrogen) atoms. The summed E-state index contributed by atoms with van der Waals surface area (Å²) in [5.41, 5.74) is 0.776. The first-order valence-corrected chi connectivity index (χ1v) is 9.53. The molecule has 0 amide bonds. The van der Waals surface area contributed by atoms with Gasteiger partial charge in [0.2, 0.25) is 0 Å². The Kier molecular flexibility index (Phi) is 5.66. The Hall–Kier alpha value is -2.86. The molecule has 0 unspecified atom stereocenters. The van der Waals surface area contributed by atoms with Crippen molar-refractivity contribution >= 4 is 26.8 Å². The minimum Gasteiger partial charge on any atom is -0.408 e. The molecule has 0 aliphatic heterocycles.